The Labute approximate surface area is 178 Å². The number of aromatic nitrogens is 1. The lowest BCUT2D eigenvalue weighted by Crippen LogP contribution is -2.41. The van der Waals surface area contributed by atoms with Gasteiger partial charge in [-0.1, -0.05) is 37.3 Å². The quantitative estimate of drug-likeness (QED) is 0.623. The lowest BCUT2D eigenvalue weighted by Gasteiger charge is -2.36. The first kappa shape index (κ1) is 19.3. The SMILES string of the molecule is COc1ccc(C2=CCNC(C3Cc4c([nH]c5ccccc45)C(C)C3)C2)cc1OC. The van der Waals surface area contributed by atoms with Crippen molar-refractivity contribution in [2.75, 3.05) is 20.8 Å². The smallest absolute Gasteiger partial charge is 0.161 e. The molecule has 0 saturated heterocycles. The molecule has 0 saturated carbocycles. The molecule has 0 radical (unpaired) electrons. The fourth-order valence-corrected chi connectivity index (χ4v) is 5.42. The van der Waals surface area contributed by atoms with Gasteiger partial charge in [0, 0.05) is 29.2 Å². The van der Waals surface area contributed by atoms with Crippen molar-refractivity contribution in [2.24, 2.45) is 5.92 Å². The van der Waals surface area contributed by atoms with Crippen LogP contribution in [0.4, 0.5) is 0 Å². The molecule has 1 aromatic heterocycles. The summed E-state index contributed by atoms with van der Waals surface area (Å²) in [5, 5.41) is 5.19. The van der Waals surface area contributed by atoms with Crippen molar-refractivity contribution >= 4 is 16.5 Å². The Bertz CT molecular complexity index is 1100. The zero-order valence-electron chi connectivity index (χ0n) is 18.0. The number of nitrogens with one attached hydrogen (secondary N) is 2. The van der Waals surface area contributed by atoms with Gasteiger partial charge >= 0.3 is 0 Å². The maximum atomic E-state index is 5.52. The summed E-state index contributed by atoms with van der Waals surface area (Å²) in [4.78, 5) is 3.69. The molecule has 2 heterocycles. The molecule has 0 bridgehead atoms. The molecule has 4 heteroatoms. The van der Waals surface area contributed by atoms with Crippen molar-refractivity contribution in [3.05, 3.63) is 65.4 Å². The van der Waals surface area contributed by atoms with Crippen molar-refractivity contribution in [1.82, 2.24) is 10.3 Å². The fraction of sp³-hybridized carbons (Fsp3) is 0.385. The lowest BCUT2D eigenvalue weighted by atomic mass is 9.74. The fourth-order valence-electron chi connectivity index (χ4n) is 5.42. The second kappa shape index (κ2) is 7.84. The molecule has 2 aromatic carbocycles. The van der Waals surface area contributed by atoms with Gasteiger partial charge in [0.05, 0.1) is 14.2 Å². The Morgan fingerprint density at radius 2 is 1.80 bits per heavy atom. The van der Waals surface area contributed by atoms with Crippen LogP contribution in [-0.4, -0.2) is 31.8 Å². The maximum absolute atomic E-state index is 5.52. The summed E-state index contributed by atoms with van der Waals surface area (Å²) in [6.07, 6.45) is 5.73. The van der Waals surface area contributed by atoms with Crippen LogP contribution in [0.2, 0.25) is 0 Å². The van der Waals surface area contributed by atoms with Gasteiger partial charge in [0.1, 0.15) is 0 Å². The summed E-state index contributed by atoms with van der Waals surface area (Å²) in [6, 6.07) is 15.5. The average molecular weight is 403 g/mol. The van der Waals surface area contributed by atoms with E-state index in [1.165, 1.54) is 39.7 Å². The van der Waals surface area contributed by atoms with Gasteiger partial charge in [0.2, 0.25) is 0 Å². The van der Waals surface area contributed by atoms with Crippen LogP contribution in [0.25, 0.3) is 16.5 Å². The number of hydrogen-bond donors (Lipinski definition) is 2. The van der Waals surface area contributed by atoms with Crippen molar-refractivity contribution in [2.45, 2.75) is 38.1 Å². The predicted octanol–water partition coefficient (Wildman–Crippen LogP) is 5.30. The summed E-state index contributed by atoms with van der Waals surface area (Å²) >= 11 is 0. The minimum Gasteiger partial charge on any atom is -0.493 e. The molecule has 3 unspecified atom stereocenters. The topological polar surface area (TPSA) is 46.3 Å². The molecular formula is C26H30N2O2. The average Bonchev–Trinajstić information content (AvgIpc) is 3.18. The highest BCUT2D eigenvalue weighted by atomic mass is 16.5. The summed E-state index contributed by atoms with van der Waals surface area (Å²) in [7, 11) is 3.38. The van der Waals surface area contributed by atoms with Crippen molar-refractivity contribution < 1.29 is 9.47 Å². The third-order valence-corrected chi connectivity index (χ3v) is 6.95. The molecule has 3 atom stereocenters. The van der Waals surface area contributed by atoms with E-state index in [0.717, 1.165) is 30.9 Å². The number of aromatic amines is 1. The van der Waals surface area contributed by atoms with Gasteiger partial charge in [0.15, 0.2) is 11.5 Å². The first-order valence-corrected chi connectivity index (χ1v) is 10.9. The number of fused-ring (bicyclic) bond motifs is 3. The molecule has 30 heavy (non-hydrogen) atoms. The highest BCUT2D eigenvalue weighted by Crippen LogP contribution is 2.42. The number of methoxy groups -OCH3 is 2. The van der Waals surface area contributed by atoms with E-state index in [-0.39, 0.29) is 0 Å². The van der Waals surface area contributed by atoms with E-state index in [1.54, 1.807) is 14.2 Å². The zero-order valence-corrected chi connectivity index (χ0v) is 18.0. The Morgan fingerprint density at radius 1 is 0.967 bits per heavy atom. The minimum absolute atomic E-state index is 0.488. The minimum atomic E-state index is 0.488. The second-order valence-corrected chi connectivity index (χ2v) is 8.68. The molecule has 2 N–H and O–H groups in total. The van der Waals surface area contributed by atoms with Crippen LogP contribution in [0.5, 0.6) is 11.5 Å². The van der Waals surface area contributed by atoms with E-state index >= 15 is 0 Å². The number of ether oxygens (including phenoxy) is 2. The molecular weight excluding hydrogens is 372 g/mol. The third kappa shape index (κ3) is 3.29. The van der Waals surface area contributed by atoms with Crippen LogP contribution in [0.15, 0.2) is 48.5 Å². The predicted molar refractivity (Wildman–Crippen MR) is 122 cm³/mol. The van der Waals surface area contributed by atoms with Crippen LogP contribution in [0, 0.1) is 5.92 Å². The summed E-state index contributed by atoms with van der Waals surface area (Å²) in [5.74, 6) is 2.76. The summed E-state index contributed by atoms with van der Waals surface area (Å²) < 4.78 is 10.9. The monoisotopic (exact) mass is 402 g/mol. The molecule has 156 valence electrons. The van der Waals surface area contributed by atoms with Gasteiger partial charge in [-0.3, -0.25) is 0 Å². The second-order valence-electron chi connectivity index (χ2n) is 8.68. The number of hydrogen-bond acceptors (Lipinski definition) is 3. The van der Waals surface area contributed by atoms with Gasteiger partial charge < -0.3 is 19.8 Å². The van der Waals surface area contributed by atoms with Crippen LogP contribution >= 0.6 is 0 Å². The Balaban J connectivity index is 1.39. The zero-order chi connectivity index (χ0) is 20.7. The molecule has 5 rings (SSSR count). The van der Waals surface area contributed by atoms with Crippen molar-refractivity contribution in [1.29, 1.82) is 0 Å². The first-order chi connectivity index (χ1) is 14.7. The molecule has 1 aliphatic heterocycles. The molecule has 0 spiro atoms. The summed E-state index contributed by atoms with van der Waals surface area (Å²) in [5.41, 5.74) is 6.88. The molecule has 0 fully saturated rings. The standard InChI is InChI=1S/C26H30N2O2/c1-16-12-19(13-21-20-6-4-5-7-22(20)28-26(16)21)23-14-18(10-11-27-23)17-8-9-24(29-2)25(15-17)30-3/h4-10,15-16,19,23,27-28H,11-14H2,1-3H3. The normalized spacial score (nSPS) is 23.7. The third-order valence-electron chi connectivity index (χ3n) is 6.95. The molecule has 3 aromatic rings. The largest absolute Gasteiger partial charge is 0.493 e. The Kier molecular flexibility index (Phi) is 5.03. The van der Waals surface area contributed by atoms with Crippen molar-refractivity contribution in [3.63, 3.8) is 0 Å². The van der Waals surface area contributed by atoms with E-state index in [1.807, 2.05) is 6.07 Å². The molecule has 4 nitrogen and oxygen atoms in total. The van der Waals surface area contributed by atoms with Gasteiger partial charge in [0.25, 0.3) is 0 Å². The molecule has 0 amide bonds. The van der Waals surface area contributed by atoms with Crippen LogP contribution in [0.3, 0.4) is 0 Å². The molecule has 1 aliphatic carbocycles. The van der Waals surface area contributed by atoms with Crippen LogP contribution in [-0.2, 0) is 6.42 Å². The highest BCUT2D eigenvalue weighted by Gasteiger charge is 2.33. The van der Waals surface area contributed by atoms with Crippen LogP contribution < -0.4 is 14.8 Å². The van der Waals surface area contributed by atoms with E-state index < -0.39 is 0 Å². The summed E-state index contributed by atoms with van der Waals surface area (Å²) in [6.45, 7) is 3.29. The van der Waals surface area contributed by atoms with Gasteiger partial charge in [-0.15, -0.1) is 0 Å². The van der Waals surface area contributed by atoms with Crippen LogP contribution in [0.1, 0.15) is 42.5 Å². The maximum Gasteiger partial charge on any atom is 0.161 e. The number of H-pyrrole nitrogens is 1. The Morgan fingerprint density at radius 3 is 2.63 bits per heavy atom. The lowest BCUT2D eigenvalue weighted by molar-refractivity contribution is 0.306. The van der Waals surface area contributed by atoms with E-state index in [0.29, 0.717) is 17.9 Å². The van der Waals surface area contributed by atoms with E-state index in [9.17, 15) is 0 Å². The number of para-hydroxylation sites is 1. The van der Waals surface area contributed by atoms with Gasteiger partial charge in [-0.05, 0) is 66.0 Å². The van der Waals surface area contributed by atoms with Gasteiger partial charge in [-0.25, -0.2) is 0 Å². The Hall–Kier alpha value is -2.72. The molecule has 2 aliphatic rings. The van der Waals surface area contributed by atoms with E-state index in [4.69, 9.17) is 9.47 Å². The van der Waals surface area contributed by atoms with Gasteiger partial charge in [-0.2, -0.15) is 0 Å². The van der Waals surface area contributed by atoms with E-state index in [2.05, 4.69) is 59.7 Å². The highest BCUT2D eigenvalue weighted by molar-refractivity contribution is 5.85. The first-order valence-electron chi connectivity index (χ1n) is 10.9. The number of benzene rings is 2. The number of rotatable bonds is 4. The van der Waals surface area contributed by atoms with Crippen molar-refractivity contribution in [3.8, 4) is 11.5 Å².